The minimum Gasteiger partial charge on any atom is -0.379 e. The second-order valence-corrected chi connectivity index (χ2v) is 6.47. The van der Waals surface area contributed by atoms with Crippen LogP contribution in [0.5, 0.6) is 0 Å². The summed E-state index contributed by atoms with van der Waals surface area (Å²) in [6, 6.07) is 3.98. The average molecular weight is 311 g/mol. The minimum atomic E-state index is 0.518. The Bertz CT molecular complexity index is 722. The van der Waals surface area contributed by atoms with Gasteiger partial charge in [-0.15, -0.1) is 22.7 Å². The molecule has 0 aliphatic carbocycles. The lowest BCUT2D eigenvalue weighted by atomic mass is 10.2. The van der Waals surface area contributed by atoms with Crippen LogP contribution < -0.4 is 0 Å². The SMILES string of the molecule is COCc1sc2nc(-c3cccs3)nc(Cl)c2c1C. The van der Waals surface area contributed by atoms with Crippen LogP contribution in [-0.2, 0) is 11.3 Å². The second kappa shape index (κ2) is 5.17. The van der Waals surface area contributed by atoms with Gasteiger partial charge in [0.25, 0.3) is 0 Å². The van der Waals surface area contributed by atoms with Crippen molar-refractivity contribution in [3.63, 3.8) is 0 Å². The maximum Gasteiger partial charge on any atom is 0.172 e. The van der Waals surface area contributed by atoms with E-state index in [1.807, 2.05) is 24.4 Å². The molecule has 6 heteroatoms. The molecule has 0 saturated heterocycles. The molecule has 3 heterocycles. The molecule has 0 N–H and O–H groups in total. The molecule has 0 unspecified atom stereocenters. The fourth-order valence-corrected chi connectivity index (χ4v) is 4.09. The number of rotatable bonds is 3. The fourth-order valence-electron chi connectivity index (χ4n) is 1.92. The van der Waals surface area contributed by atoms with E-state index in [0.29, 0.717) is 17.6 Å². The predicted molar refractivity (Wildman–Crippen MR) is 81.2 cm³/mol. The Morgan fingerprint density at radius 1 is 1.37 bits per heavy atom. The molecule has 98 valence electrons. The van der Waals surface area contributed by atoms with Crippen molar-refractivity contribution in [3.8, 4) is 10.7 Å². The highest BCUT2D eigenvalue weighted by atomic mass is 35.5. The summed E-state index contributed by atoms with van der Waals surface area (Å²) >= 11 is 9.55. The third-order valence-electron chi connectivity index (χ3n) is 2.86. The number of hydrogen-bond donors (Lipinski definition) is 0. The van der Waals surface area contributed by atoms with Crippen molar-refractivity contribution in [2.75, 3.05) is 7.11 Å². The highest BCUT2D eigenvalue weighted by Gasteiger charge is 2.16. The molecule has 0 radical (unpaired) electrons. The van der Waals surface area contributed by atoms with Gasteiger partial charge in [0.1, 0.15) is 9.98 Å². The Labute approximate surface area is 123 Å². The van der Waals surface area contributed by atoms with Crippen LogP contribution in [0, 0.1) is 6.92 Å². The number of aromatic nitrogens is 2. The molecule has 0 bridgehead atoms. The molecule has 3 rings (SSSR count). The van der Waals surface area contributed by atoms with E-state index in [2.05, 4.69) is 9.97 Å². The molecule has 3 nitrogen and oxygen atoms in total. The summed E-state index contributed by atoms with van der Waals surface area (Å²) in [5, 5.41) is 3.47. The summed E-state index contributed by atoms with van der Waals surface area (Å²) in [6.45, 7) is 2.62. The van der Waals surface area contributed by atoms with Gasteiger partial charge in [-0.3, -0.25) is 0 Å². The maximum atomic E-state index is 6.32. The molecular formula is C13H11ClN2OS2. The van der Waals surface area contributed by atoms with Crippen molar-refractivity contribution in [1.29, 1.82) is 0 Å². The van der Waals surface area contributed by atoms with Gasteiger partial charge in [-0.05, 0) is 23.9 Å². The maximum absolute atomic E-state index is 6.32. The molecule has 19 heavy (non-hydrogen) atoms. The van der Waals surface area contributed by atoms with Crippen molar-refractivity contribution in [1.82, 2.24) is 9.97 Å². The summed E-state index contributed by atoms with van der Waals surface area (Å²) in [5.41, 5.74) is 1.12. The Morgan fingerprint density at radius 3 is 2.89 bits per heavy atom. The van der Waals surface area contributed by atoms with Gasteiger partial charge in [0.05, 0.1) is 16.9 Å². The Balaban J connectivity index is 2.21. The number of hydrogen-bond acceptors (Lipinski definition) is 5. The number of nitrogens with zero attached hydrogens (tertiary/aromatic N) is 2. The largest absolute Gasteiger partial charge is 0.379 e. The Kier molecular flexibility index (Phi) is 3.54. The molecule has 0 fully saturated rings. The average Bonchev–Trinajstić information content (AvgIpc) is 2.99. The first kappa shape index (κ1) is 13.0. The monoisotopic (exact) mass is 310 g/mol. The van der Waals surface area contributed by atoms with Crippen LogP contribution in [0.1, 0.15) is 10.4 Å². The molecule has 0 aliphatic heterocycles. The summed E-state index contributed by atoms with van der Waals surface area (Å²) < 4.78 is 5.20. The van der Waals surface area contributed by atoms with Crippen LogP contribution in [0.2, 0.25) is 5.15 Å². The number of thiophene rings is 2. The highest BCUT2D eigenvalue weighted by molar-refractivity contribution is 7.19. The minimum absolute atomic E-state index is 0.518. The zero-order valence-corrected chi connectivity index (χ0v) is 12.8. The first-order valence-corrected chi connectivity index (χ1v) is 7.76. The topological polar surface area (TPSA) is 35.0 Å². The van der Waals surface area contributed by atoms with Crippen LogP contribution in [0.15, 0.2) is 17.5 Å². The number of methoxy groups -OCH3 is 1. The van der Waals surface area contributed by atoms with E-state index in [0.717, 1.165) is 25.5 Å². The summed E-state index contributed by atoms with van der Waals surface area (Å²) in [6.07, 6.45) is 0. The van der Waals surface area contributed by atoms with E-state index in [-0.39, 0.29) is 0 Å². The summed E-state index contributed by atoms with van der Waals surface area (Å²) in [7, 11) is 1.69. The molecule has 3 aromatic heterocycles. The van der Waals surface area contributed by atoms with Gasteiger partial charge in [-0.1, -0.05) is 17.7 Å². The van der Waals surface area contributed by atoms with Crippen LogP contribution in [0.3, 0.4) is 0 Å². The van der Waals surface area contributed by atoms with E-state index >= 15 is 0 Å². The van der Waals surface area contributed by atoms with Gasteiger partial charge < -0.3 is 4.74 Å². The van der Waals surface area contributed by atoms with Crippen molar-refractivity contribution in [2.45, 2.75) is 13.5 Å². The molecule has 0 spiro atoms. The summed E-state index contributed by atoms with van der Waals surface area (Å²) in [4.78, 5) is 12.1. The number of aryl methyl sites for hydroxylation is 1. The standard InChI is InChI=1S/C13H11ClN2OS2/c1-7-9(6-17-2)19-13-10(7)11(14)15-12(16-13)8-4-3-5-18-8/h3-5H,6H2,1-2H3. The van der Waals surface area contributed by atoms with E-state index in [9.17, 15) is 0 Å². The zero-order valence-electron chi connectivity index (χ0n) is 10.4. The fraction of sp³-hybridized carbons (Fsp3) is 0.231. The summed E-state index contributed by atoms with van der Waals surface area (Å²) in [5.74, 6) is 0.692. The van der Waals surface area contributed by atoms with Crippen LogP contribution >= 0.6 is 34.3 Å². The van der Waals surface area contributed by atoms with Gasteiger partial charge in [-0.2, -0.15) is 0 Å². The van der Waals surface area contributed by atoms with Crippen molar-refractivity contribution < 1.29 is 4.74 Å². The quantitative estimate of drug-likeness (QED) is 0.667. The van der Waals surface area contributed by atoms with Gasteiger partial charge in [0.2, 0.25) is 0 Å². The second-order valence-electron chi connectivity index (χ2n) is 4.08. The highest BCUT2D eigenvalue weighted by Crippen LogP contribution is 2.36. The lowest BCUT2D eigenvalue weighted by molar-refractivity contribution is 0.187. The van der Waals surface area contributed by atoms with E-state index < -0.39 is 0 Å². The van der Waals surface area contributed by atoms with E-state index in [1.54, 1.807) is 29.8 Å². The van der Waals surface area contributed by atoms with Gasteiger partial charge >= 0.3 is 0 Å². The number of halogens is 1. The molecule has 0 atom stereocenters. The third-order valence-corrected chi connectivity index (χ3v) is 5.16. The first-order valence-electron chi connectivity index (χ1n) is 5.69. The molecule has 0 amide bonds. The molecule has 0 aliphatic rings. The van der Waals surface area contributed by atoms with Crippen molar-refractivity contribution in [3.05, 3.63) is 33.1 Å². The lowest BCUT2D eigenvalue weighted by Crippen LogP contribution is -1.89. The molecular weight excluding hydrogens is 300 g/mol. The molecule has 0 saturated carbocycles. The molecule has 0 aromatic carbocycles. The zero-order chi connectivity index (χ0) is 13.4. The normalized spacial score (nSPS) is 11.3. The van der Waals surface area contributed by atoms with Gasteiger partial charge in [0.15, 0.2) is 5.82 Å². The molecule has 3 aromatic rings. The number of fused-ring (bicyclic) bond motifs is 1. The smallest absolute Gasteiger partial charge is 0.172 e. The van der Waals surface area contributed by atoms with Crippen LogP contribution in [-0.4, -0.2) is 17.1 Å². The Morgan fingerprint density at radius 2 is 2.21 bits per heavy atom. The first-order chi connectivity index (χ1) is 9.20. The van der Waals surface area contributed by atoms with E-state index in [1.165, 1.54) is 0 Å². The Hall–Kier alpha value is -1.01. The van der Waals surface area contributed by atoms with Crippen LogP contribution in [0.25, 0.3) is 20.9 Å². The van der Waals surface area contributed by atoms with Gasteiger partial charge in [0, 0.05) is 12.0 Å². The van der Waals surface area contributed by atoms with E-state index in [4.69, 9.17) is 16.3 Å². The number of ether oxygens (including phenoxy) is 1. The van der Waals surface area contributed by atoms with Crippen molar-refractivity contribution >= 4 is 44.5 Å². The third kappa shape index (κ3) is 2.27. The lowest BCUT2D eigenvalue weighted by Gasteiger charge is -2.00. The van der Waals surface area contributed by atoms with Crippen molar-refractivity contribution in [2.24, 2.45) is 0 Å². The van der Waals surface area contributed by atoms with Gasteiger partial charge in [-0.25, -0.2) is 9.97 Å². The van der Waals surface area contributed by atoms with Crippen LogP contribution in [0.4, 0.5) is 0 Å². The predicted octanol–water partition coefficient (Wildman–Crippen LogP) is 4.53.